The molecule has 0 saturated heterocycles. The summed E-state index contributed by atoms with van der Waals surface area (Å²) in [5.74, 6) is 2.23. The molecule has 1 amide bonds. The lowest BCUT2D eigenvalue weighted by atomic mass is 10.3. The van der Waals surface area contributed by atoms with Crippen LogP contribution in [0.3, 0.4) is 0 Å². The highest BCUT2D eigenvalue weighted by molar-refractivity contribution is 5.97. The van der Waals surface area contributed by atoms with E-state index in [-0.39, 0.29) is 11.6 Å². The van der Waals surface area contributed by atoms with E-state index < -0.39 is 0 Å². The second kappa shape index (κ2) is 5.05. The molecule has 5 nitrogen and oxygen atoms in total. The summed E-state index contributed by atoms with van der Waals surface area (Å²) in [6.07, 6.45) is 6.49. The number of nitrogens with zero attached hydrogens (tertiary/aromatic N) is 1. The van der Waals surface area contributed by atoms with Crippen molar-refractivity contribution in [3.05, 3.63) is 11.4 Å². The molecule has 15 heavy (non-hydrogen) atoms. The smallest absolute Gasteiger partial charge is 0.273 e. The Kier molecular flexibility index (Phi) is 3.75. The third kappa shape index (κ3) is 2.74. The van der Waals surface area contributed by atoms with Gasteiger partial charge in [0, 0.05) is 13.0 Å². The predicted octanol–water partition coefficient (Wildman–Crippen LogP) is 0.444. The fourth-order valence-electron chi connectivity index (χ4n) is 1.09. The number of aromatic amines is 1. The first-order valence-electron chi connectivity index (χ1n) is 4.69. The number of rotatable bonds is 4. The van der Waals surface area contributed by atoms with Gasteiger partial charge in [0.05, 0.1) is 11.4 Å². The van der Waals surface area contributed by atoms with Gasteiger partial charge in [-0.3, -0.25) is 9.89 Å². The Bertz CT molecular complexity index is 389. The lowest BCUT2D eigenvalue weighted by Gasteiger charge is -2.01. The van der Waals surface area contributed by atoms with Gasteiger partial charge in [0.25, 0.3) is 5.91 Å². The number of nitrogens with one attached hydrogen (secondary N) is 2. The molecule has 80 valence electrons. The van der Waals surface area contributed by atoms with Crippen LogP contribution in [0.4, 0.5) is 5.69 Å². The van der Waals surface area contributed by atoms with Crippen molar-refractivity contribution >= 4 is 11.6 Å². The van der Waals surface area contributed by atoms with Gasteiger partial charge in [-0.25, -0.2) is 0 Å². The lowest BCUT2D eigenvalue weighted by molar-refractivity contribution is 0.0949. The number of terminal acetylenes is 1. The Hall–Kier alpha value is -1.96. The number of carbonyl (C=O) groups is 1. The van der Waals surface area contributed by atoms with Gasteiger partial charge in [0.1, 0.15) is 0 Å². The number of hydrogen-bond acceptors (Lipinski definition) is 3. The zero-order chi connectivity index (χ0) is 11.3. The fourth-order valence-corrected chi connectivity index (χ4v) is 1.09. The Balaban J connectivity index is 2.48. The van der Waals surface area contributed by atoms with Gasteiger partial charge >= 0.3 is 0 Å². The van der Waals surface area contributed by atoms with Crippen LogP contribution in [0, 0.1) is 19.3 Å². The average molecular weight is 206 g/mol. The van der Waals surface area contributed by atoms with Gasteiger partial charge in [-0.05, 0) is 13.3 Å². The van der Waals surface area contributed by atoms with Gasteiger partial charge in [-0.2, -0.15) is 5.10 Å². The van der Waals surface area contributed by atoms with E-state index in [2.05, 4.69) is 21.4 Å². The molecule has 0 bridgehead atoms. The van der Waals surface area contributed by atoms with Crippen LogP contribution < -0.4 is 11.1 Å². The molecular formula is C10H14N4O. The maximum absolute atomic E-state index is 11.5. The maximum Gasteiger partial charge on any atom is 0.273 e. The summed E-state index contributed by atoms with van der Waals surface area (Å²) in [5, 5.41) is 9.15. The molecule has 0 atom stereocenters. The van der Waals surface area contributed by atoms with Crippen LogP contribution in [-0.4, -0.2) is 22.6 Å². The molecule has 0 unspecified atom stereocenters. The Morgan fingerprint density at radius 1 is 1.73 bits per heavy atom. The molecule has 1 rings (SSSR count). The van der Waals surface area contributed by atoms with E-state index in [9.17, 15) is 4.79 Å². The first-order chi connectivity index (χ1) is 7.16. The zero-order valence-electron chi connectivity index (χ0n) is 8.63. The van der Waals surface area contributed by atoms with Gasteiger partial charge in [0.2, 0.25) is 0 Å². The zero-order valence-corrected chi connectivity index (χ0v) is 8.63. The van der Waals surface area contributed by atoms with E-state index >= 15 is 0 Å². The molecule has 0 radical (unpaired) electrons. The van der Waals surface area contributed by atoms with Crippen molar-refractivity contribution in [3.8, 4) is 12.3 Å². The number of aryl methyl sites for hydroxylation is 1. The molecule has 5 heteroatoms. The van der Waals surface area contributed by atoms with Crippen molar-refractivity contribution < 1.29 is 4.79 Å². The normalized spacial score (nSPS) is 9.60. The maximum atomic E-state index is 11.5. The van der Waals surface area contributed by atoms with E-state index in [1.165, 1.54) is 0 Å². The molecular weight excluding hydrogens is 192 g/mol. The van der Waals surface area contributed by atoms with E-state index in [1.807, 2.05) is 0 Å². The van der Waals surface area contributed by atoms with Crippen LogP contribution in [0.2, 0.25) is 0 Å². The third-order valence-electron chi connectivity index (χ3n) is 1.99. The molecule has 0 fully saturated rings. The highest BCUT2D eigenvalue weighted by Gasteiger charge is 2.14. The standard InChI is InChI=1S/C10H14N4O/c1-3-4-5-6-12-10(15)9-8(11)7(2)13-14-9/h1H,4-6,11H2,2H3,(H,12,15)(H,13,14). The average Bonchev–Trinajstić information content (AvgIpc) is 2.55. The molecule has 0 aliphatic rings. The number of amides is 1. The van der Waals surface area contributed by atoms with Crippen molar-refractivity contribution in [1.82, 2.24) is 15.5 Å². The fraction of sp³-hybridized carbons (Fsp3) is 0.400. The molecule has 1 heterocycles. The number of unbranched alkanes of at least 4 members (excludes halogenated alkanes) is 1. The summed E-state index contributed by atoms with van der Waals surface area (Å²) >= 11 is 0. The van der Waals surface area contributed by atoms with Crippen LogP contribution in [0.15, 0.2) is 0 Å². The minimum Gasteiger partial charge on any atom is -0.395 e. The summed E-state index contributed by atoms with van der Waals surface area (Å²) in [5.41, 5.74) is 6.98. The minimum absolute atomic E-state index is 0.244. The van der Waals surface area contributed by atoms with Crippen molar-refractivity contribution in [3.63, 3.8) is 0 Å². The van der Waals surface area contributed by atoms with Crippen LogP contribution >= 0.6 is 0 Å². The van der Waals surface area contributed by atoms with Gasteiger partial charge in [-0.15, -0.1) is 12.3 Å². The molecule has 0 saturated carbocycles. The van der Waals surface area contributed by atoms with Crippen molar-refractivity contribution in [2.45, 2.75) is 19.8 Å². The number of nitrogens with two attached hydrogens (primary N) is 1. The van der Waals surface area contributed by atoms with Crippen LogP contribution in [0.1, 0.15) is 29.0 Å². The lowest BCUT2D eigenvalue weighted by Crippen LogP contribution is -2.25. The summed E-state index contributed by atoms with van der Waals surface area (Å²) in [6.45, 7) is 2.30. The number of aromatic nitrogens is 2. The third-order valence-corrected chi connectivity index (χ3v) is 1.99. The predicted molar refractivity (Wildman–Crippen MR) is 58.1 cm³/mol. The van der Waals surface area contributed by atoms with Crippen LogP contribution in [0.25, 0.3) is 0 Å². The molecule has 0 aliphatic carbocycles. The van der Waals surface area contributed by atoms with Crippen molar-refractivity contribution in [1.29, 1.82) is 0 Å². The number of nitrogen functional groups attached to an aromatic ring is 1. The second-order valence-electron chi connectivity index (χ2n) is 3.17. The highest BCUT2D eigenvalue weighted by Crippen LogP contribution is 2.11. The first-order valence-corrected chi connectivity index (χ1v) is 4.69. The summed E-state index contributed by atoms with van der Waals surface area (Å²) < 4.78 is 0. The Morgan fingerprint density at radius 2 is 2.47 bits per heavy atom. The summed E-state index contributed by atoms with van der Waals surface area (Å²) in [6, 6.07) is 0. The Morgan fingerprint density at radius 3 is 3.00 bits per heavy atom. The second-order valence-corrected chi connectivity index (χ2v) is 3.17. The van der Waals surface area contributed by atoms with E-state index in [0.717, 1.165) is 6.42 Å². The molecule has 0 aliphatic heterocycles. The van der Waals surface area contributed by atoms with E-state index in [1.54, 1.807) is 6.92 Å². The molecule has 0 aromatic carbocycles. The van der Waals surface area contributed by atoms with E-state index in [4.69, 9.17) is 12.2 Å². The largest absolute Gasteiger partial charge is 0.395 e. The van der Waals surface area contributed by atoms with Gasteiger partial charge < -0.3 is 11.1 Å². The van der Waals surface area contributed by atoms with Gasteiger partial charge in [0.15, 0.2) is 5.69 Å². The number of H-pyrrole nitrogens is 1. The number of anilines is 1. The molecule has 1 aromatic rings. The SMILES string of the molecule is C#CCCCNC(=O)c1n[nH]c(C)c1N. The Labute approximate surface area is 88.4 Å². The van der Waals surface area contributed by atoms with Crippen molar-refractivity contribution in [2.75, 3.05) is 12.3 Å². The van der Waals surface area contributed by atoms with E-state index in [0.29, 0.717) is 24.3 Å². The highest BCUT2D eigenvalue weighted by atomic mass is 16.1. The van der Waals surface area contributed by atoms with Crippen LogP contribution in [0.5, 0.6) is 0 Å². The summed E-state index contributed by atoms with van der Waals surface area (Å²) in [4.78, 5) is 11.5. The monoisotopic (exact) mass is 206 g/mol. The number of hydrogen-bond donors (Lipinski definition) is 3. The topological polar surface area (TPSA) is 83.8 Å². The molecule has 4 N–H and O–H groups in total. The minimum atomic E-state index is -0.270. The van der Waals surface area contributed by atoms with Crippen LogP contribution in [-0.2, 0) is 0 Å². The number of carbonyl (C=O) groups excluding carboxylic acids is 1. The quantitative estimate of drug-likeness (QED) is 0.494. The van der Waals surface area contributed by atoms with Crippen molar-refractivity contribution in [2.24, 2.45) is 0 Å². The summed E-state index contributed by atoms with van der Waals surface area (Å²) in [7, 11) is 0. The molecule has 1 aromatic heterocycles. The van der Waals surface area contributed by atoms with Gasteiger partial charge in [-0.1, -0.05) is 0 Å². The first kappa shape index (κ1) is 11.1. The molecule has 0 spiro atoms.